The number of rotatable bonds is 4. The highest BCUT2D eigenvalue weighted by atomic mass is 19.1. The molecule has 0 N–H and O–H groups in total. The van der Waals surface area contributed by atoms with Gasteiger partial charge in [-0.15, -0.1) is 0 Å². The molecule has 1 aromatic carbocycles. The van der Waals surface area contributed by atoms with Gasteiger partial charge in [-0.1, -0.05) is 25.3 Å². The van der Waals surface area contributed by atoms with Gasteiger partial charge in [-0.25, -0.2) is 9.37 Å². The summed E-state index contributed by atoms with van der Waals surface area (Å²) in [5, 5.41) is 0. The Morgan fingerprint density at radius 1 is 1.09 bits per heavy atom. The zero-order valence-corrected chi connectivity index (χ0v) is 13.8. The molecule has 122 valence electrons. The molecule has 0 aliphatic heterocycles. The number of pyridine rings is 1. The van der Waals surface area contributed by atoms with Crippen molar-refractivity contribution < 1.29 is 9.13 Å². The molecule has 1 fully saturated rings. The Morgan fingerprint density at radius 2 is 1.83 bits per heavy atom. The number of nitrogens with zero attached hydrogens (tertiary/aromatic N) is 2. The lowest BCUT2D eigenvalue weighted by Gasteiger charge is -2.32. The molecule has 0 atom stereocenters. The normalized spacial score (nSPS) is 15.4. The summed E-state index contributed by atoms with van der Waals surface area (Å²) in [7, 11) is 3.58. The largest absolute Gasteiger partial charge is 0.494 e. The zero-order chi connectivity index (χ0) is 16.2. The smallest absolute Gasteiger partial charge is 0.165 e. The van der Waals surface area contributed by atoms with Gasteiger partial charge in [0.2, 0.25) is 0 Å². The van der Waals surface area contributed by atoms with E-state index in [0.29, 0.717) is 6.04 Å². The van der Waals surface area contributed by atoms with Crippen LogP contribution in [0, 0.1) is 5.82 Å². The van der Waals surface area contributed by atoms with E-state index in [9.17, 15) is 4.39 Å². The lowest BCUT2D eigenvalue weighted by molar-refractivity contribution is 0.386. The summed E-state index contributed by atoms with van der Waals surface area (Å²) in [6.07, 6.45) is 8.16. The monoisotopic (exact) mass is 314 g/mol. The molecule has 3 rings (SSSR count). The van der Waals surface area contributed by atoms with Crippen LogP contribution >= 0.6 is 0 Å². The second-order valence-electron chi connectivity index (χ2n) is 6.15. The Bertz CT molecular complexity index is 668. The van der Waals surface area contributed by atoms with Gasteiger partial charge in [0.15, 0.2) is 11.6 Å². The third kappa shape index (κ3) is 3.46. The SMILES string of the molecule is COc1ccc(-c2ccnc(N(C)C3CCCCC3)c2)cc1F. The zero-order valence-electron chi connectivity index (χ0n) is 13.8. The summed E-state index contributed by atoms with van der Waals surface area (Å²) in [4.78, 5) is 6.77. The van der Waals surface area contributed by atoms with Crippen LogP contribution in [0.3, 0.4) is 0 Å². The van der Waals surface area contributed by atoms with Crippen molar-refractivity contribution in [2.45, 2.75) is 38.1 Å². The molecular formula is C19H23FN2O. The number of halogens is 1. The van der Waals surface area contributed by atoms with E-state index >= 15 is 0 Å². The highest BCUT2D eigenvalue weighted by Crippen LogP contribution is 2.29. The highest BCUT2D eigenvalue weighted by Gasteiger charge is 2.19. The van der Waals surface area contributed by atoms with Crippen LogP contribution in [-0.4, -0.2) is 25.2 Å². The fourth-order valence-corrected chi connectivity index (χ4v) is 3.29. The van der Waals surface area contributed by atoms with Crippen molar-refractivity contribution in [3.63, 3.8) is 0 Å². The Balaban J connectivity index is 1.85. The van der Waals surface area contributed by atoms with Crippen LogP contribution in [0.4, 0.5) is 10.2 Å². The van der Waals surface area contributed by atoms with E-state index in [4.69, 9.17) is 4.74 Å². The minimum atomic E-state index is -0.344. The summed E-state index contributed by atoms with van der Waals surface area (Å²) in [6.45, 7) is 0. The number of methoxy groups -OCH3 is 1. The number of benzene rings is 1. The molecule has 1 saturated carbocycles. The van der Waals surface area contributed by atoms with E-state index < -0.39 is 0 Å². The molecule has 2 aromatic rings. The number of hydrogen-bond acceptors (Lipinski definition) is 3. The first-order valence-corrected chi connectivity index (χ1v) is 8.22. The van der Waals surface area contributed by atoms with Gasteiger partial charge in [0, 0.05) is 19.3 Å². The lowest BCUT2D eigenvalue weighted by Crippen LogP contribution is -2.33. The lowest BCUT2D eigenvalue weighted by atomic mass is 9.94. The molecule has 0 spiro atoms. The predicted molar refractivity (Wildman–Crippen MR) is 91.5 cm³/mol. The van der Waals surface area contributed by atoms with E-state index in [1.165, 1.54) is 45.3 Å². The van der Waals surface area contributed by atoms with Crippen LogP contribution in [-0.2, 0) is 0 Å². The first-order valence-electron chi connectivity index (χ1n) is 8.22. The average molecular weight is 314 g/mol. The molecule has 0 amide bonds. The first-order chi connectivity index (χ1) is 11.2. The maximum atomic E-state index is 13.9. The second-order valence-corrected chi connectivity index (χ2v) is 6.15. The molecule has 23 heavy (non-hydrogen) atoms. The predicted octanol–water partition coefficient (Wildman–Crippen LogP) is 4.67. The van der Waals surface area contributed by atoms with Gasteiger partial charge in [0.25, 0.3) is 0 Å². The van der Waals surface area contributed by atoms with Gasteiger partial charge in [-0.3, -0.25) is 0 Å². The van der Waals surface area contributed by atoms with Crippen molar-refractivity contribution in [2.24, 2.45) is 0 Å². The number of ether oxygens (including phenoxy) is 1. The summed E-state index contributed by atoms with van der Waals surface area (Å²) >= 11 is 0. The third-order valence-electron chi connectivity index (χ3n) is 4.71. The van der Waals surface area contributed by atoms with E-state index in [0.717, 1.165) is 16.9 Å². The Kier molecular flexibility index (Phi) is 4.79. The Morgan fingerprint density at radius 3 is 2.52 bits per heavy atom. The fourth-order valence-electron chi connectivity index (χ4n) is 3.29. The number of hydrogen-bond donors (Lipinski definition) is 0. The average Bonchev–Trinajstić information content (AvgIpc) is 2.62. The molecule has 1 aliphatic carbocycles. The van der Waals surface area contributed by atoms with Gasteiger partial charge in [-0.2, -0.15) is 0 Å². The molecule has 0 bridgehead atoms. The molecule has 1 aromatic heterocycles. The minimum absolute atomic E-state index is 0.266. The van der Waals surface area contributed by atoms with Crippen LogP contribution < -0.4 is 9.64 Å². The third-order valence-corrected chi connectivity index (χ3v) is 4.71. The molecule has 0 saturated heterocycles. The molecule has 1 aliphatic rings. The second kappa shape index (κ2) is 6.99. The Hall–Kier alpha value is -2.10. The molecule has 0 unspecified atom stereocenters. The van der Waals surface area contributed by atoms with Crippen LogP contribution in [0.15, 0.2) is 36.5 Å². The van der Waals surface area contributed by atoms with Gasteiger partial charge in [-0.05, 0) is 48.2 Å². The van der Waals surface area contributed by atoms with Gasteiger partial charge in [0.05, 0.1) is 7.11 Å². The van der Waals surface area contributed by atoms with Gasteiger partial charge in [0.1, 0.15) is 5.82 Å². The summed E-state index contributed by atoms with van der Waals surface area (Å²) in [5.74, 6) is 0.872. The van der Waals surface area contributed by atoms with E-state index in [-0.39, 0.29) is 11.6 Å². The molecule has 1 heterocycles. The van der Waals surface area contributed by atoms with Crippen molar-refractivity contribution >= 4 is 5.82 Å². The summed E-state index contributed by atoms with van der Waals surface area (Å²) in [6, 6.07) is 9.56. The fraction of sp³-hybridized carbons (Fsp3) is 0.421. The van der Waals surface area contributed by atoms with Crippen molar-refractivity contribution in [3.8, 4) is 16.9 Å². The first kappa shape index (κ1) is 15.8. The maximum absolute atomic E-state index is 13.9. The van der Waals surface area contributed by atoms with Gasteiger partial charge < -0.3 is 9.64 Å². The quantitative estimate of drug-likeness (QED) is 0.820. The molecule has 3 nitrogen and oxygen atoms in total. The van der Waals surface area contributed by atoms with Crippen molar-refractivity contribution in [1.82, 2.24) is 4.98 Å². The molecular weight excluding hydrogens is 291 g/mol. The Labute approximate surface area is 137 Å². The highest BCUT2D eigenvalue weighted by molar-refractivity contribution is 5.67. The van der Waals surface area contributed by atoms with Gasteiger partial charge >= 0.3 is 0 Å². The summed E-state index contributed by atoms with van der Waals surface area (Å²) < 4.78 is 18.9. The topological polar surface area (TPSA) is 25.4 Å². The standard InChI is InChI=1S/C19H23FN2O/c1-22(16-6-4-3-5-7-16)19-13-15(10-11-21-19)14-8-9-18(23-2)17(20)12-14/h8-13,16H,3-7H2,1-2H3. The van der Waals surface area contributed by atoms with Crippen molar-refractivity contribution in [1.29, 1.82) is 0 Å². The van der Waals surface area contributed by atoms with E-state index in [2.05, 4.69) is 16.9 Å². The van der Waals surface area contributed by atoms with Crippen molar-refractivity contribution in [2.75, 3.05) is 19.1 Å². The van der Waals surface area contributed by atoms with E-state index in [1.807, 2.05) is 18.2 Å². The number of anilines is 1. The molecule has 0 radical (unpaired) electrons. The van der Waals surface area contributed by atoms with Crippen LogP contribution in [0.25, 0.3) is 11.1 Å². The number of aromatic nitrogens is 1. The summed E-state index contributed by atoms with van der Waals surface area (Å²) in [5.41, 5.74) is 1.81. The van der Waals surface area contributed by atoms with Crippen LogP contribution in [0.1, 0.15) is 32.1 Å². The van der Waals surface area contributed by atoms with Crippen LogP contribution in [0.5, 0.6) is 5.75 Å². The van der Waals surface area contributed by atoms with E-state index in [1.54, 1.807) is 12.3 Å². The van der Waals surface area contributed by atoms with Crippen molar-refractivity contribution in [3.05, 3.63) is 42.3 Å². The maximum Gasteiger partial charge on any atom is 0.165 e. The van der Waals surface area contributed by atoms with Crippen LogP contribution in [0.2, 0.25) is 0 Å². The minimum Gasteiger partial charge on any atom is -0.494 e. The molecule has 4 heteroatoms.